The molecule has 29 heavy (non-hydrogen) atoms. The van der Waals surface area contributed by atoms with Crippen molar-refractivity contribution in [2.75, 3.05) is 51.1 Å². The lowest BCUT2D eigenvalue weighted by Gasteiger charge is -2.39. The average molecular weight is 417 g/mol. The van der Waals surface area contributed by atoms with E-state index >= 15 is 0 Å². The molecule has 9 heteroatoms. The van der Waals surface area contributed by atoms with E-state index in [4.69, 9.17) is 0 Å². The Morgan fingerprint density at radius 1 is 1.07 bits per heavy atom. The number of amides is 2. The topological polar surface area (TPSA) is 81.7 Å². The fraction of sp³-hybridized carbons (Fsp3) is 0.600. The maximum atomic E-state index is 12.7. The molecule has 156 valence electrons. The normalized spacial score (nSPS) is 20.0. The summed E-state index contributed by atoms with van der Waals surface area (Å²) in [5.74, 6) is 0.206. The molecule has 3 heterocycles. The number of anilines is 1. The van der Waals surface area contributed by atoms with Gasteiger partial charge in [-0.3, -0.25) is 19.4 Å². The van der Waals surface area contributed by atoms with Crippen LogP contribution in [0.25, 0.3) is 11.0 Å². The van der Waals surface area contributed by atoms with Crippen LogP contribution in [0.15, 0.2) is 18.2 Å². The first-order chi connectivity index (χ1) is 14.1. The van der Waals surface area contributed by atoms with E-state index in [1.165, 1.54) is 6.42 Å². The summed E-state index contributed by atoms with van der Waals surface area (Å²) in [6.07, 6.45) is 3.46. The highest BCUT2D eigenvalue weighted by molar-refractivity contribution is 7.00. The number of carbonyl (C=O) groups excluding carboxylic acids is 2. The molecule has 0 bridgehead atoms. The van der Waals surface area contributed by atoms with Gasteiger partial charge >= 0.3 is 0 Å². The minimum absolute atomic E-state index is 0.0450. The van der Waals surface area contributed by atoms with Gasteiger partial charge in [-0.1, -0.05) is 6.07 Å². The van der Waals surface area contributed by atoms with E-state index in [2.05, 4.69) is 23.9 Å². The fourth-order valence-electron chi connectivity index (χ4n) is 4.14. The SMILES string of the molecule is C[C@H](C(=O)N1CCCCC1)N1CCN(CC(=O)Nc2cccc3nsnc23)CC1. The number of fused-ring (bicyclic) bond motifs is 1. The number of likely N-dealkylation sites (tertiary alicyclic amines) is 1. The molecule has 0 saturated carbocycles. The second-order valence-electron chi connectivity index (χ2n) is 7.86. The Balaban J connectivity index is 1.25. The predicted molar refractivity (Wildman–Crippen MR) is 114 cm³/mol. The van der Waals surface area contributed by atoms with Crippen molar-refractivity contribution in [3.63, 3.8) is 0 Å². The van der Waals surface area contributed by atoms with Crippen LogP contribution < -0.4 is 5.32 Å². The van der Waals surface area contributed by atoms with Crippen molar-refractivity contribution in [1.29, 1.82) is 0 Å². The lowest BCUT2D eigenvalue weighted by Crippen LogP contribution is -2.55. The highest BCUT2D eigenvalue weighted by Gasteiger charge is 2.29. The molecular formula is C20H28N6O2S. The van der Waals surface area contributed by atoms with Crippen molar-refractivity contribution in [1.82, 2.24) is 23.4 Å². The summed E-state index contributed by atoms with van der Waals surface area (Å²) in [5.41, 5.74) is 2.25. The molecule has 0 radical (unpaired) electrons. The van der Waals surface area contributed by atoms with E-state index < -0.39 is 0 Å². The zero-order valence-corrected chi connectivity index (χ0v) is 17.7. The zero-order valence-electron chi connectivity index (χ0n) is 16.8. The van der Waals surface area contributed by atoms with Crippen molar-refractivity contribution in [3.8, 4) is 0 Å². The summed E-state index contributed by atoms with van der Waals surface area (Å²) in [4.78, 5) is 31.6. The van der Waals surface area contributed by atoms with Crippen LogP contribution in [0.3, 0.4) is 0 Å². The minimum atomic E-state index is -0.0844. The summed E-state index contributed by atoms with van der Waals surface area (Å²) in [6, 6.07) is 5.53. The lowest BCUT2D eigenvalue weighted by molar-refractivity contribution is -0.138. The molecule has 2 fully saturated rings. The Morgan fingerprint density at radius 3 is 2.59 bits per heavy atom. The first kappa shape index (κ1) is 20.2. The maximum Gasteiger partial charge on any atom is 0.239 e. The smallest absolute Gasteiger partial charge is 0.239 e. The molecule has 1 aromatic heterocycles. The van der Waals surface area contributed by atoms with Gasteiger partial charge in [-0.25, -0.2) is 0 Å². The maximum absolute atomic E-state index is 12.7. The lowest BCUT2D eigenvalue weighted by atomic mass is 10.1. The Hall–Kier alpha value is -2.10. The molecule has 0 spiro atoms. The monoisotopic (exact) mass is 416 g/mol. The number of piperazine rings is 1. The molecule has 2 saturated heterocycles. The van der Waals surface area contributed by atoms with Crippen LogP contribution in [0.2, 0.25) is 0 Å². The van der Waals surface area contributed by atoms with Gasteiger partial charge in [0.05, 0.1) is 30.0 Å². The summed E-state index contributed by atoms with van der Waals surface area (Å²) >= 11 is 1.15. The van der Waals surface area contributed by atoms with Gasteiger partial charge in [0.1, 0.15) is 11.0 Å². The largest absolute Gasteiger partial charge is 0.341 e. The molecule has 1 N–H and O–H groups in total. The Bertz CT molecular complexity index is 858. The number of hydrogen-bond acceptors (Lipinski definition) is 7. The Kier molecular flexibility index (Phi) is 6.37. The van der Waals surface area contributed by atoms with Gasteiger partial charge in [0.25, 0.3) is 0 Å². The summed E-state index contributed by atoms with van der Waals surface area (Å²) in [6.45, 7) is 7.33. The van der Waals surface area contributed by atoms with Crippen LogP contribution in [-0.2, 0) is 9.59 Å². The Labute approximate surface area is 175 Å². The van der Waals surface area contributed by atoms with Crippen molar-refractivity contribution in [3.05, 3.63) is 18.2 Å². The minimum Gasteiger partial charge on any atom is -0.341 e. The van der Waals surface area contributed by atoms with Crippen molar-refractivity contribution in [2.24, 2.45) is 0 Å². The number of benzene rings is 1. The van der Waals surface area contributed by atoms with E-state index in [9.17, 15) is 9.59 Å². The molecule has 4 rings (SSSR count). The second-order valence-corrected chi connectivity index (χ2v) is 8.39. The van der Waals surface area contributed by atoms with Crippen LogP contribution in [-0.4, -0.2) is 87.1 Å². The van der Waals surface area contributed by atoms with Crippen LogP contribution in [0.5, 0.6) is 0 Å². The van der Waals surface area contributed by atoms with Gasteiger partial charge in [-0.05, 0) is 38.3 Å². The third-order valence-electron chi connectivity index (χ3n) is 5.91. The predicted octanol–water partition coefficient (Wildman–Crippen LogP) is 1.65. The third-order valence-corrected chi connectivity index (χ3v) is 6.45. The van der Waals surface area contributed by atoms with Gasteiger partial charge < -0.3 is 10.2 Å². The van der Waals surface area contributed by atoms with Gasteiger partial charge in [0, 0.05) is 39.3 Å². The number of nitrogens with one attached hydrogen (secondary N) is 1. The van der Waals surface area contributed by atoms with Crippen LogP contribution in [0.4, 0.5) is 5.69 Å². The molecule has 1 atom stereocenters. The standard InChI is InChI=1S/C20H28N6O2S/c1-15(20(28)26-8-3-2-4-9-26)25-12-10-24(11-13-25)14-18(27)21-16-6-5-7-17-19(16)23-29-22-17/h5-7,15H,2-4,8-14H2,1H3,(H,21,27)/t15-/m1/s1. The highest BCUT2D eigenvalue weighted by atomic mass is 32.1. The molecule has 0 aliphatic carbocycles. The number of rotatable bonds is 5. The van der Waals surface area contributed by atoms with Crippen molar-refractivity contribution >= 4 is 40.3 Å². The molecule has 2 aliphatic rings. The molecule has 2 amide bonds. The molecule has 1 aromatic carbocycles. The van der Waals surface area contributed by atoms with Gasteiger partial charge in [0.2, 0.25) is 11.8 Å². The van der Waals surface area contributed by atoms with Crippen molar-refractivity contribution < 1.29 is 9.59 Å². The number of piperidine rings is 1. The van der Waals surface area contributed by atoms with Gasteiger partial charge in [-0.2, -0.15) is 8.75 Å². The van der Waals surface area contributed by atoms with E-state index in [-0.39, 0.29) is 17.9 Å². The van der Waals surface area contributed by atoms with Crippen molar-refractivity contribution in [2.45, 2.75) is 32.2 Å². The average Bonchev–Trinajstić information content (AvgIpc) is 3.24. The highest BCUT2D eigenvalue weighted by Crippen LogP contribution is 2.21. The first-order valence-electron chi connectivity index (χ1n) is 10.4. The van der Waals surface area contributed by atoms with E-state index in [1.54, 1.807) is 0 Å². The van der Waals surface area contributed by atoms with E-state index in [0.29, 0.717) is 12.2 Å². The van der Waals surface area contributed by atoms with Crippen LogP contribution >= 0.6 is 11.7 Å². The molecule has 8 nitrogen and oxygen atoms in total. The number of nitrogens with zero attached hydrogens (tertiary/aromatic N) is 5. The van der Waals surface area contributed by atoms with E-state index in [1.807, 2.05) is 30.0 Å². The van der Waals surface area contributed by atoms with E-state index in [0.717, 1.165) is 74.9 Å². The zero-order chi connectivity index (χ0) is 20.2. The first-order valence-corrected chi connectivity index (χ1v) is 11.1. The second kappa shape index (κ2) is 9.15. The third kappa shape index (κ3) is 4.73. The molecule has 2 aromatic rings. The van der Waals surface area contributed by atoms with Gasteiger partial charge in [-0.15, -0.1) is 0 Å². The molecule has 0 unspecified atom stereocenters. The summed E-state index contributed by atoms with van der Waals surface area (Å²) in [7, 11) is 0. The van der Waals surface area contributed by atoms with Crippen LogP contribution in [0, 0.1) is 0 Å². The fourth-order valence-corrected chi connectivity index (χ4v) is 4.69. The van der Waals surface area contributed by atoms with Gasteiger partial charge in [0.15, 0.2) is 0 Å². The Morgan fingerprint density at radius 2 is 1.83 bits per heavy atom. The quantitative estimate of drug-likeness (QED) is 0.798. The van der Waals surface area contributed by atoms with Crippen LogP contribution in [0.1, 0.15) is 26.2 Å². The number of hydrogen-bond donors (Lipinski definition) is 1. The molecule has 2 aliphatic heterocycles. The summed E-state index contributed by atoms with van der Waals surface area (Å²) < 4.78 is 8.47. The number of carbonyl (C=O) groups is 2. The molecular weight excluding hydrogens is 388 g/mol. The summed E-state index contributed by atoms with van der Waals surface area (Å²) in [5, 5.41) is 2.96. The number of aromatic nitrogens is 2.